The average Bonchev–Trinajstić information content (AvgIpc) is 2.73. The molecule has 1 N–H and O–H groups in total. The molecule has 2 aromatic carbocycles. The van der Waals surface area contributed by atoms with Gasteiger partial charge in [-0.1, -0.05) is 38.1 Å². The molecule has 0 atom stereocenters. The molecule has 1 aliphatic heterocycles. The van der Waals surface area contributed by atoms with Crippen LogP contribution in [0.4, 0.5) is 13.2 Å². The van der Waals surface area contributed by atoms with Gasteiger partial charge in [0.25, 0.3) is 11.8 Å². The summed E-state index contributed by atoms with van der Waals surface area (Å²) in [5, 5.41) is 2.96. The molecule has 0 unspecified atom stereocenters. The van der Waals surface area contributed by atoms with Crippen molar-refractivity contribution in [3.63, 3.8) is 0 Å². The van der Waals surface area contributed by atoms with Crippen LogP contribution in [0.25, 0.3) is 0 Å². The summed E-state index contributed by atoms with van der Waals surface area (Å²) in [6.45, 7) is 4.75. The maximum Gasteiger partial charge on any atom is 0.417 e. The molecule has 30 heavy (non-hydrogen) atoms. The highest BCUT2D eigenvalue weighted by Gasteiger charge is 2.36. The van der Waals surface area contributed by atoms with Crippen LogP contribution in [-0.4, -0.2) is 35.8 Å². The summed E-state index contributed by atoms with van der Waals surface area (Å²) in [5.74, 6) is -0.430. The van der Waals surface area contributed by atoms with Crippen LogP contribution < -0.4 is 5.32 Å². The fourth-order valence-electron chi connectivity index (χ4n) is 3.60. The van der Waals surface area contributed by atoms with E-state index in [1.807, 2.05) is 12.1 Å². The molecule has 0 saturated carbocycles. The third-order valence-electron chi connectivity index (χ3n) is 5.42. The van der Waals surface area contributed by atoms with Crippen molar-refractivity contribution in [3.8, 4) is 0 Å². The van der Waals surface area contributed by atoms with Gasteiger partial charge in [-0.05, 0) is 48.6 Å². The Morgan fingerprint density at radius 2 is 1.60 bits per heavy atom. The van der Waals surface area contributed by atoms with Crippen molar-refractivity contribution in [1.29, 1.82) is 0 Å². The maximum absolute atomic E-state index is 13.2. The van der Waals surface area contributed by atoms with Crippen molar-refractivity contribution in [2.24, 2.45) is 0 Å². The molecule has 1 aliphatic rings. The predicted octanol–water partition coefficient (Wildman–Crippen LogP) is 4.86. The van der Waals surface area contributed by atoms with Crippen LogP contribution >= 0.6 is 0 Å². The third kappa shape index (κ3) is 5.01. The predicted molar refractivity (Wildman–Crippen MR) is 108 cm³/mol. The fourth-order valence-corrected chi connectivity index (χ4v) is 3.60. The minimum atomic E-state index is -4.58. The third-order valence-corrected chi connectivity index (χ3v) is 5.42. The zero-order chi connectivity index (χ0) is 21.9. The van der Waals surface area contributed by atoms with E-state index in [1.54, 1.807) is 12.1 Å². The Bertz CT molecular complexity index is 899. The van der Waals surface area contributed by atoms with Gasteiger partial charge in [-0.25, -0.2) is 0 Å². The highest BCUT2D eigenvalue weighted by atomic mass is 19.4. The first kappa shape index (κ1) is 21.9. The minimum Gasteiger partial charge on any atom is -0.349 e. The number of rotatable bonds is 4. The fraction of sp³-hybridized carbons (Fsp3) is 0.391. The molecule has 0 radical (unpaired) electrons. The smallest absolute Gasteiger partial charge is 0.349 e. The minimum absolute atomic E-state index is 0.121. The molecule has 1 saturated heterocycles. The molecule has 0 bridgehead atoms. The van der Waals surface area contributed by atoms with E-state index in [-0.39, 0.29) is 17.5 Å². The normalized spacial score (nSPS) is 15.3. The number of likely N-dealkylation sites (tertiary alicyclic amines) is 1. The quantitative estimate of drug-likeness (QED) is 0.771. The SMILES string of the molecule is CC(C)c1ccc(C(=O)NC2CCN(C(=O)c3ccccc3C(F)(F)F)CC2)cc1. The van der Waals surface area contributed by atoms with Gasteiger partial charge in [0.1, 0.15) is 0 Å². The molecule has 2 aromatic rings. The molecule has 0 aromatic heterocycles. The number of hydrogen-bond donors (Lipinski definition) is 1. The van der Waals surface area contributed by atoms with Crippen molar-refractivity contribution in [3.05, 3.63) is 70.8 Å². The summed E-state index contributed by atoms with van der Waals surface area (Å²) in [4.78, 5) is 26.5. The lowest BCUT2D eigenvalue weighted by molar-refractivity contribution is -0.138. The van der Waals surface area contributed by atoms with Crippen molar-refractivity contribution in [2.45, 2.75) is 44.8 Å². The molecule has 2 amide bonds. The van der Waals surface area contributed by atoms with Gasteiger partial charge in [0, 0.05) is 24.7 Å². The number of piperidine rings is 1. The molecule has 1 heterocycles. The van der Waals surface area contributed by atoms with E-state index in [2.05, 4.69) is 19.2 Å². The Morgan fingerprint density at radius 1 is 1.00 bits per heavy atom. The summed E-state index contributed by atoms with van der Waals surface area (Å²) >= 11 is 0. The Kier molecular flexibility index (Phi) is 6.48. The summed E-state index contributed by atoms with van der Waals surface area (Å²) < 4.78 is 39.6. The second kappa shape index (κ2) is 8.90. The zero-order valence-electron chi connectivity index (χ0n) is 17.0. The Labute approximate surface area is 174 Å². The molecule has 1 fully saturated rings. The van der Waals surface area contributed by atoms with Gasteiger partial charge in [-0.15, -0.1) is 0 Å². The average molecular weight is 418 g/mol. The van der Waals surface area contributed by atoms with Gasteiger partial charge in [0.2, 0.25) is 0 Å². The molecule has 7 heteroatoms. The van der Waals surface area contributed by atoms with Gasteiger partial charge in [-0.3, -0.25) is 9.59 Å². The standard InChI is InChI=1S/C23H25F3N2O2/c1-15(2)16-7-9-17(10-8-16)21(29)27-18-11-13-28(14-12-18)22(30)19-5-3-4-6-20(19)23(24,25)26/h3-10,15,18H,11-14H2,1-2H3,(H,27,29). The van der Waals surface area contributed by atoms with Crippen LogP contribution in [0.15, 0.2) is 48.5 Å². The molecule has 0 spiro atoms. The summed E-state index contributed by atoms with van der Waals surface area (Å²) in [5.41, 5.74) is 0.461. The van der Waals surface area contributed by atoms with Gasteiger partial charge >= 0.3 is 6.18 Å². The van der Waals surface area contributed by atoms with Gasteiger partial charge in [0.05, 0.1) is 11.1 Å². The van der Waals surface area contributed by atoms with Crippen LogP contribution in [0.3, 0.4) is 0 Å². The Hall–Kier alpha value is -2.83. The highest BCUT2D eigenvalue weighted by Crippen LogP contribution is 2.32. The van der Waals surface area contributed by atoms with E-state index >= 15 is 0 Å². The van der Waals surface area contributed by atoms with E-state index in [1.165, 1.54) is 23.1 Å². The number of nitrogens with one attached hydrogen (secondary N) is 1. The van der Waals surface area contributed by atoms with Crippen LogP contribution in [-0.2, 0) is 6.18 Å². The van der Waals surface area contributed by atoms with Crippen molar-refractivity contribution in [1.82, 2.24) is 10.2 Å². The Balaban J connectivity index is 1.59. The van der Waals surface area contributed by atoms with Crippen LogP contribution in [0.1, 0.15) is 64.4 Å². The first-order valence-electron chi connectivity index (χ1n) is 10.0. The molecule has 160 valence electrons. The lowest BCUT2D eigenvalue weighted by Crippen LogP contribution is -2.46. The van der Waals surface area contributed by atoms with Crippen LogP contribution in [0.2, 0.25) is 0 Å². The second-order valence-corrected chi connectivity index (χ2v) is 7.86. The van der Waals surface area contributed by atoms with Crippen molar-refractivity contribution in [2.75, 3.05) is 13.1 Å². The summed E-state index contributed by atoms with van der Waals surface area (Å²) in [7, 11) is 0. The molecule has 4 nitrogen and oxygen atoms in total. The van der Waals surface area contributed by atoms with Crippen molar-refractivity contribution < 1.29 is 22.8 Å². The van der Waals surface area contributed by atoms with E-state index in [0.717, 1.165) is 11.6 Å². The number of alkyl halides is 3. The van der Waals surface area contributed by atoms with E-state index in [9.17, 15) is 22.8 Å². The lowest BCUT2D eigenvalue weighted by Gasteiger charge is -2.33. The van der Waals surface area contributed by atoms with Gasteiger partial charge in [-0.2, -0.15) is 13.2 Å². The zero-order valence-corrected chi connectivity index (χ0v) is 17.0. The number of carbonyl (C=O) groups excluding carboxylic acids is 2. The van der Waals surface area contributed by atoms with Gasteiger partial charge < -0.3 is 10.2 Å². The summed E-state index contributed by atoms with van der Waals surface area (Å²) in [6, 6.07) is 12.1. The van der Waals surface area contributed by atoms with Crippen LogP contribution in [0, 0.1) is 0 Å². The van der Waals surface area contributed by atoms with E-state index < -0.39 is 17.6 Å². The largest absolute Gasteiger partial charge is 0.417 e. The van der Waals surface area contributed by atoms with E-state index in [0.29, 0.717) is 37.4 Å². The maximum atomic E-state index is 13.2. The van der Waals surface area contributed by atoms with Crippen LogP contribution in [0.5, 0.6) is 0 Å². The Morgan fingerprint density at radius 3 is 2.17 bits per heavy atom. The second-order valence-electron chi connectivity index (χ2n) is 7.86. The monoisotopic (exact) mass is 418 g/mol. The molecular formula is C23H25F3N2O2. The van der Waals surface area contributed by atoms with E-state index in [4.69, 9.17) is 0 Å². The lowest BCUT2D eigenvalue weighted by atomic mass is 10.00. The summed E-state index contributed by atoms with van der Waals surface area (Å²) in [6.07, 6.45) is -3.59. The number of nitrogens with zero attached hydrogens (tertiary/aromatic N) is 1. The molecule has 0 aliphatic carbocycles. The first-order valence-corrected chi connectivity index (χ1v) is 10.0. The number of hydrogen-bond acceptors (Lipinski definition) is 2. The topological polar surface area (TPSA) is 49.4 Å². The van der Waals surface area contributed by atoms with Gasteiger partial charge in [0.15, 0.2) is 0 Å². The number of benzene rings is 2. The molecular weight excluding hydrogens is 393 g/mol. The number of carbonyl (C=O) groups is 2. The van der Waals surface area contributed by atoms with Crippen molar-refractivity contribution >= 4 is 11.8 Å². The number of amides is 2. The number of halogens is 3. The highest BCUT2D eigenvalue weighted by molar-refractivity contribution is 5.96. The molecule has 3 rings (SSSR count). The first-order chi connectivity index (χ1) is 14.2.